The van der Waals surface area contributed by atoms with Crippen molar-refractivity contribution in [1.82, 2.24) is 4.31 Å². The minimum absolute atomic E-state index is 0.113. The van der Waals surface area contributed by atoms with Crippen LogP contribution in [-0.4, -0.2) is 50.9 Å². The standard InChI is InChI=1S/C21H24N2O6S/c1-3-29-21(25)15-6-8-16(9-7-15)22-20(24)19-5-4-14-23(19)30(26,27)18-12-10-17(28-2)11-13-18/h6-13,19H,3-5,14H2,1-2H3,(H,22,24). The molecule has 0 aliphatic carbocycles. The van der Waals surface area contributed by atoms with Crippen LogP contribution in [0.3, 0.4) is 0 Å². The molecule has 2 aromatic rings. The van der Waals surface area contributed by atoms with E-state index in [1.54, 1.807) is 43.3 Å². The number of sulfonamides is 1. The summed E-state index contributed by atoms with van der Waals surface area (Å²) in [5.41, 5.74) is 0.848. The van der Waals surface area contributed by atoms with Gasteiger partial charge in [-0.25, -0.2) is 13.2 Å². The van der Waals surface area contributed by atoms with Crippen LogP contribution in [0.25, 0.3) is 0 Å². The molecular weight excluding hydrogens is 408 g/mol. The van der Waals surface area contributed by atoms with E-state index in [0.717, 1.165) is 0 Å². The molecule has 1 saturated heterocycles. The molecule has 1 amide bonds. The fourth-order valence-corrected chi connectivity index (χ4v) is 4.96. The van der Waals surface area contributed by atoms with Crippen LogP contribution < -0.4 is 10.1 Å². The Morgan fingerprint density at radius 1 is 1.10 bits per heavy atom. The summed E-state index contributed by atoms with van der Waals surface area (Å²) in [6.07, 6.45) is 1.03. The van der Waals surface area contributed by atoms with Crippen LogP contribution in [0.2, 0.25) is 0 Å². The van der Waals surface area contributed by atoms with Crippen LogP contribution >= 0.6 is 0 Å². The molecule has 8 nitrogen and oxygen atoms in total. The molecule has 0 spiro atoms. The van der Waals surface area contributed by atoms with Gasteiger partial charge in [-0.1, -0.05) is 0 Å². The van der Waals surface area contributed by atoms with Gasteiger partial charge in [0.2, 0.25) is 15.9 Å². The van der Waals surface area contributed by atoms with Gasteiger partial charge in [-0.3, -0.25) is 4.79 Å². The highest BCUT2D eigenvalue weighted by molar-refractivity contribution is 7.89. The molecule has 1 unspecified atom stereocenters. The lowest BCUT2D eigenvalue weighted by atomic mass is 10.2. The maximum absolute atomic E-state index is 13.0. The van der Waals surface area contributed by atoms with Gasteiger partial charge in [-0.15, -0.1) is 0 Å². The van der Waals surface area contributed by atoms with E-state index in [4.69, 9.17) is 9.47 Å². The smallest absolute Gasteiger partial charge is 0.338 e. The van der Waals surface area contributed by atoms with Crippen LogP contribution in [0, 0.1) is 0 Å². The number of methoxy groups -OCH3 is 1. The van der Waals surface area contributed by atoms with E-state index >= 15 is 0 Å². The van der Waals surface area contributed by atoms with Gasteiger partial charge >= 0.3 is 5.97 Å². The first-order valence-corrected chi connectivity index (χ1v) is 11.0. The van der Waals surface area contributed by atoms with Crippen molar-refractivity contribution in [3.8, 4) is 5.75 Å². The van der Waals surface area contributed by atoms with Gasteiger partial charge < -0.3 is 14.8 Å². The third kappa shape index (κ3) is 4.63. The molecular formula is C21H24N2O6S. The predicted octanol–water partition coefficient (Wildman–Crippen LogP) is 2.66. The predicted molar refractivity (Wildman–Crippen MR) is 111 cm³/mol. The van der Waals surface area contributed by atoms with Crippen LogP contribution in [0.4, 0.5) is 5.69 Å². The number of nitrogens with one attached hydrogen (secondary N) is 1. The van der Waals surface area contributed by atoms with Gasteiger partial charge in [0, 0.05) is 12.2 Å². The van der Waals surface area contributed by atoms with Crippen molar-refractivity contribution in [3.05, 3.63) is 54.1 Å². The topological polar surface area (TPSA) is 102 Å². The Kier molecular flexibility index (Phi) is 6.73. The highest BCUT2D eigenvalue weighted by atomic mass is 32.2. The maximum Gasteiger partial charge on any atom is 0.338 e. The number of rotatable bonds is 7. The largest absolute Gasteiger partial charge is 0.497 e. The lowest BCUT2D eigenvalue weighted by molar-refractivity contribution is -0.119. The van der Waals surface area contributed by atoms with Crippen molar-refractivity contribution in [2.24, 2.45) is 0 Å². The van der Waals surface area contributed by atoms with Gasteiger partial charge in [0.05, 0.1) is 24.2 Å². The zero-order valence-electron chi connectivity index (χ0n) is 16.8. The second kappa shape index (κ2) is 9.27. The van der Waals surface area contributed by atoms with Gasteiger partial charge in [0.1, 0.15) is 11.8 Å². The molecule has 1 atom stereocenters. The van der Waals surface area contributed by atoms with Crippen LogP contribution in [-0.2, 0) is 19.6 Å². The fraction of sp³-hybridized carbons (Fsp3) is 0.333. The van der Waals surface area contributed by atoms with E-state index in [2.05, 4.69) is 5.32 Å². The van der Waals surface area contributed by atoms with Crippen molar-refractivity contribution in [3.63, 3.8) is 0 Å². The zero-order valence-corrected chi connectivity index (χ0v) is 17.6. The number of amides is 1. The van der Waals surface area contributed by atoms with Crippen molar-refractivity contribution in [2.75, 3.05) is 25.6 Å². The molecule has 1 N–H and O–H groups in total. The zero-order chi connectivity index (χ0) is 21.7. The Morgan fingerprint density at radius 3 is 2.37 bits per heavy atom. The minimum Gasteiger partial charge on any atom is -0.497 e. The van der Waals surface area contributed by atoms with Crippen molar-refractivity contribution in [2.45, 2.75) is 30.7 Å². The quantitative estimate of drug-likeness (QED) is 0.675. The molecule has 1 aliphatic rings. The van der Waals surface area contributed by atoms with Crippen molar-refractivity contribution >= 4 is 27.6 Å². The number of benzene rings is 2. The van der Waals surface area contributed by atoms with Crippen LogP contribution in [0.5, 0.6) is 5.75 Å². The molecule has 0 bridgehead atoms. The van der Waals surface area contributed by atoms with Crippen LogP contribution in [0.15, 0.2) is 53.4 Å². The summed E-state index contributed by atoms with van der Waals surface area (Å²) in [6.45, 7) is 2.27. The molecule has 30 heavy (non-hydrogen) atoms. The van der Waals surface area contributed by atoms with Crippen LogP contribution in [0.1, 0.15) is 30.1 Å². The summed E-state index contributed by atoms with van der Waals surface area (Å²) in [4.78, 5) is 24.6. The van der Waals surface area contributed by atoms with E-state index in [1.807, 2.05) is 0 Å². The van der Waals surface area contributed by atoms with E-state index in [-0.39, 0.29) is 18.0 Å². The van der Waals surface area contributed by atoms with E-state index in [9.17, 15) is 18.0 Å². The second-order valence-electron chi connectivity index (χ2n) is 6.74. The van der Waals surface area contributed by atoms with E-state index < -0.39 is 27.9 Å². The highest BCUT2D eigenvalue weighted by Gasteiger charge is 2.39. The second-order valence-corrected chi connectivity index (χ2v) is 8.63. The molecule has 1 aliphatic heterocycles. The Balaban J connectivity index is 1.73. The third-order valence-electron chi connectivity index (χ3n) is 4.84. The maximum atomic E-state index is 13.0. The third-order valence-corrected chi connectivity index (χ3v) is 6.76. The number of ether oxygens (including phenoxy) is 2. The Morgan fingerprint density at radius 2 is 1.77 bits per heavy atom. The molecule has 9 heteroatoms. The number of esters is 1. The average molecular weight is 432 g/mol. The number of nitrogens with zero attached hydrogens (tertiary/aromatic N) is 1. The summed E-state index contributed by atoms with van der Waals surface area (Å²) in [5, 5.41) is 2.74. The normalized spacial score (nSPS) is 16.8. The van der Waals surface area contributed by atoms with Gasteiger partial charge in [-0.05, 0) is 68.3 Å². The summed E-state index contributed by atoms with van der Waals surface area (Å²) in [5.74, 6) is -0.299. The summed E-state index contributed by atoms with van der Waals surface area (Å²) >= 11 is 0. The summed E-state index contributed by atoms with van der Waals surface area (Å²) in [6, 6.07) is 11.5. The Labute approximate surface area is 175 Å². The molecule has 2 aromatic carbocycles. The average Bonchev–Trinajstić information content (AvgIpc) is 3.25. The molecule has 1 heterocycles. The first-order chi connectivity index (χ1) is 14.4. The SMILES string of the molecule is CCOC(=O)c1ccc(NC(=O)C2CCCN2S(=O)(=O)c2ccc(OC)cc2)cc1. The van der Waals surface area contributed by atoms with E-state index in [0.29, 0.717) is 29.8 Å². The Hall–Kier alpha value is -2.91. The number of carbonyl (C=O) groups excluding carboxylic acids is 2. The molecule has 3 rings (SSSR count). The Bertz CT molecular complexity index is 1000. The monoisotopic (exact) mass is 432 g/mol. The number of hydrogen-bond acceptors (Lipinski definition) is 6. The number of hydrogen-bond donors (Lipinski definition) is 1. The minimum atomic E-state index is -3.82. The number of anilines is 1. The molecule has 1 fully saturated rings. The van der Waals surface area contributed by atoms with Crippen molar-refractivity contribution in [1.29, 1.82) is 0 Å². The molecule has 0 saturated carbocycles. The number of carbonyl (C=O) groups is 2. The summed E-state index contributed by atoms with van der Waals surface area (Å²) in [7, 11) is -2.32. The molecule has 0 radical (unpaired) electrons. The lowest BCUT2D eigenvalue weighted by Gasteiger charge is -2.23. The highest BCUT2D eigenvalue weighted by Crippen LogP contribution is 2.28. The van der Waals surface area contributed by atoms with E-state index in [1.165, 1.54) is 23.5 Å². The fourth-order valence-electron chi connectivity index (χ4n) is 3.30. The first kappa shape index (κ1) is 21.8. The first-order valence-electron chi connectivity index (χ1n) is 9.60. The van der Waals surface area contributed by atoms with Gasteiger partial charge in [0.15, 0.2) is 0 Å². The van der Waals surface area contributed by atoms with Gasteiger partial charge in [0.25, 0.3) is 0 Å². The summed E-state index contributed by atoms with van der Waals surface area (Å²) < 4.78 is 37.3. The van der Waals surface area contributed by atoms with Gasteiger partial charge in [-0.2, -0.15) is 4.31 Å². The molecule has 0 aromatic heterocycles. The van der Waals surface area contributed by atoms with Crippen molar-refractivity contribution < 1.29 is 27.5 Å². The lowest BCUT2D eigenvalue weighted by Crippen LogP contribution is -2.43. The molecule has 160 valence electrons.